The molecule has 33 heavy (non-hydrogen) atoms. The van der Waals surface area contributed by atoms with E-state index in [4.69, 9.17) is 5.73 Å². The summed E-state index contributed by atoms with van der Waals surface area (Å²) in [5.74, 6) is -0.279. The summed E-state index contributed by atoms with van der Waals surface area (Å²) in [6.45, 7) is 0. The molecule has 0 aliphatic carbocycles. The fraction of sp³-hybridized carbons (Fsp3) is 0.0370. The van der Waals surface area contributed by atoms with E-state index in [1.165, 1.54) is 0 Å². The molecule has 0 aliphatic rings. The number of aromatic nitrogens is 2. The largest absolute Gasteiger partial charge is 0.398 e. The van der Waals surface area contributed by atoms with Crippen LogP contribution < -0.4 is 5.73 Å². The van der Waals surface area contributed by atoms with Crippen molar-refractivity contribution in [1.82, 2.24) is 9.97 Å². The third-order valence-corrected chi connectivity index (χ3v) is 5.01. The molecule has 0 saturated heterocycles. The van der Waals surface area contributed by atoms with E-state index < -0.39 is 0 Å². The van der Waals surface area contributed by atoms with Crippen molar-refractivity contribution in [3.63, 3.8) is 0 Å². The predicted octanol–water partition coefficient (Wildman–Crippen LogP) is 5.51. The standard InChI is InChI=1S/C15H12O2.C12H9N3.Eu/c16-14(12-7-3-1-4-8-12)11-15(17)13-9-5-2-6-10-13;13-10-7-8-3-1-5-14-11(8)12-9(10)4-2-6-15-12;/h1-10H,11H2;1-7H,13H2;. The van der Waals surface area contributed by atoms with Crippen LogP contribution in [0.15, 0.2) is 103 Å². The number of carbonyl (C=O) groups excluding carboxylic acids is 2. The second kappa shape index (κ2) is 11.9. The van der Waals surface area contributed by atoms with Gasteiger partial charge >= 0.3 is 0 Å². The van der Waals surface area contributed by atoms with E-state index >= 15 is 0 Å². The van der Waals surface area contributed by atoms with Crippen LogP contribution in [0, 0.1) is 49.4 Å². The Kier molecular flexibility index (Phi) is 8.95. The summed E-state index contributed by atoms with van der Waals surface area (Å²) in [5, 5.41) is 1.99. The molecule has 0 unspecified atom stereocenters. The fourth-order valence-electron chi connectivity index (χ4n) is 3.40. The van der Waals surface area contributed by atoms with E-state index in [1.807, 2.05) is 42.5 Å². The summed E-state index contributed by atoms with van der Waals surface area (Å²) in [4.78, 5) is 32.3. The van der Waals surface area contributed by atoms with Gasteiger partial charge in [-0.05, 0) is 24.3 Å². The molecule has 0 spiro atoms. The van der Waals surface area contributed by atoms with Crippen LogP contribution in [0.5, 0.6) is 0 Å². The molecule has 0 fully saturated rings. The third kappa shape index (κ3) is 6.17. The predicted molar refractivity (Wildman–Crippen MR) is 128 cm³/mol. The first-order chi connectivity index (χ1) is 15.6. The van der Waals surface area contributed by atoms with Crippen LogP contribution in [0.4, 0.5) is 5.69 Å². The van der Waals surface area contributed by atoms with Gasteiger partial charge in [-0.25, -0.2) is 0 Å². The Morgan fingerprint density at radius 1 is 0.667 bits per heavy atom. The van der Waals surface area contributed by atoms with E-state index in [1.54, 1.807) is 60.9 Å². The molecule has 0 bridgehead atoms. The molecule has 2 aromatic heterocycles. The molecule has 5 nitrogen and oxygen atoms in total. The van der Waals surface area contributed by atoms with Crippen LogP contribution >= 0.6 is 0 Å². The van der Waals surface area contributed by atoms with E-state index in [-0.39, 0.29) is 67.4 Å². The molecule has 5 aromatic rings. The number of nitrogens with two attached hydrogens (primary N) is 1. The molecule has 3 aromatic carbocycles. The molecule has 2 heterocycles. The summed E-state index contributed by atoms with van der Waals surface area (Å²) >= 11 is 0. The monoisotopic (exact) mass is 572 g/mol. The van der Waals surface area contributed by atoms with Gasteiger partial charge in [0.25, 0.3) is 0 Å². The number of benzene rings is 3. The van der Waals surface area contributed by atoms with Crippen LogP contribution in [0.25, 0.3) is 21.8 Å². The van der Waals surface area contributed by atoms with Gasteiger partial charge in [-0.3, -0.25) is 19.6 Å². The second-order valence-corrected chi connectivity index (χ2v) is 7.20. The Bertz CT molecular complexity index is 1340. The maximum absolute atomic E-state index is 11.8. The van der Waals surface area contributed by atoms with Crippen molar-refractivity contribution in [2.24, 2.45) is 0 Å². The van der Waals surface area contributed by atoms with Gasteiger partial charge in [0.05, 0.1) is 17.5 Å². The average Bonchev–Trinajstić information content (AvgIpc) is 2.86. The van der Waals surface area contributed by atoms with Crippen molar-refractivity contribution in [2.75, 3.05) is 5.73 Å². The number of ketones is 2. The van der Waals surface area contributed by atoms with E-state index in [0.29, 0.717) is 11.1 Å². The van der Waals surface area contributed by atoms with Crippen molar-refractivity contribution >= 4 is 39.1 Å². The Morgan fingerprint density at radius 2 is 1.18 bits per heavy atom. The summed E-state index contributed by atoms with van der Waals surface area (Å²) in [6.07, 6.45) is 3.45. The maximum Gasteiger partial charge on any atom is 0.170 e. The number of anilines is 1. The molecule has 1 radical (unpaired) electrons. The molecular weight excluding hydrogens is 550 g/mol. The average molecular weight is 571 g/mol. The summed E-state index contributed by atoms with van der Waals surface area (Å²) in [7, 11) is 0. The van der Waals surface area contributed by atoms with Crippen molar-refractivity contribution in [1.29, 1.82) is 0 Å². The number of carbonyl (C=O) groups is 2. The number of pyridine rings is 2. The Labute approximate surface area is 232 Å². The minimum Gasteiger partial charge on any atom is -0.398 e. The summed E-state index contributed by atoms with van der Waals surface area (Å²) in [5.41, 5.74) is 9.64. The first-order valence-corrected chi connectivity index (χ1v) is 10.2. The van der Waals surface area contributed by atoms with Crippen LogP contribution in [0.2, 0.25) is 0 Å². The number of nitrogen functional groups attached to an aromatic ring is 1. The Balaban J connectivity index is 0.000000181. The Hall–Kier alpha value is -2.80. The molecule has 6 heteroatoms. The SMILES string of the molecule is Nc1cc2cccnc2c2ncccc12.O=C(CC(=O)c1ccccc1)c1ccccc1.[Eu]. The van der Waals surface area contributed by atoms with E-state index in [9.17, 15) is 9.59 Å². The molecule has 0 aliphatic heterocycles. The second-order valence-electron chi connectivity index (χ2n) is 7.20. The first-order valence-electron chi connectivity index (χ1n) is 10.2. The third-order valence-electron chi connectivity index (χ3n) is 5.01. The van der Waals surface area contributed by atoms with Gasteiger partial charge < -0.3 is 5.73 Å². The van der Waals surface area contributed by atoms with Crippen LogP contribution in [0.3, 0.4) is 0 Å². The number of rotatable bonds is 4. The van der Waals surface area contributed by atoms with Crippen LogP contribution in [0.1, 0.15) is 27.1 Å². The zero-order chi connectivity index (χ0) is 22.3. The van der Waals surface area contributed by atoms with Gasteiger partial charge in [-0.15, -0.1) is 0 Å². The van der Waals surface area contributed by atoms with E-state index in [0.717, 1.165) is 27.5 Å². The summed E-state index contributed by atoms with van der Waals surface area (Å²) in [6, 6.07) is 27.4. The zero-order valence-corrected chi connectivity index (χ0v) is 20.1. The van der Waals surface area contributed by atoms with Crippen molar-refractivity contribution < 1.29 is 59.0 Å². The van der Waals surface area contributed by atoms with Gasteiger partial charge in [0.2, 0.25) is 0 Å². The minimum atomic E-state index is -0.139. The molecule has 2 N–H and O–H groups in total. The zero-order valence-electron chi connectivity index (χ0n) is 17.7. The normalized spacial score (nSPS) is 10.1. The number of Topliss-reactive ketones (excluding diaryl/α,β-unsaturated/α-hetero) is 2. The minimum absolute atomic E-state index is 0. The number of hydrogen-bond donors (Lipinski definition) is 1. The summed E-state index contributed by atoms with van der Waals surface area (Å²) < 4.78 is 0. The van der Waals surface area contributed by atoms with Crippen molar-refractivity contribution in [3.05, 3.63) is 115 Å². The number of fused-ring (bicyclic) bond motifs is 3. The Morgan fingerprint density at radius 3 is 1.76 bits per heavy atom. The number of nitrogens with zero attached hydrogens (tertiary/aromatic N) is 2. The molecule has 5 rings (SSSR count). The molecule has 0 amide bonds. The van der Waals surface area contributed by atoms with Gasteiger partial charge in [0.15, 0.2) is 11.6 Å². The van der Waals surface area contributed by atoms with Gasteiger partial charge in [-0.1, -0.05) is 66.7 Å². The first kappa shape index (κ1) is 24.8. The fourth-order valence-corrected chi connectivity index (χ4v) is 3.40. The smallest absolute Gasteiger partial charge is 0.170 e. The van der Waals surface area contributed by atoms with Crippen molar-refractivity contribution in [2.45, 2.75) is 6.42 Å². The van der Waals surface area contributed by atoms with Crippen LogP contribution in [-0.2, 0) is 0 Å². The van der Waals surface area contributed by atoms with E-state index in [2.05, 4.69) is 9.97 Å². The van der Waals surface area contributed by atoms with Crippen molar-refractivity contribution in [3.8, 4) is 0 Å². The van der Waals surface area contributed by atoms with Gasteiger partial charge in [0, 0.05) is 89.4 Å². The topological polar surface area (TPSA) is 85.9 Å². The quantitative estimate of drug-likeness (QED) is 0.133. The van der Waals surface area contributed by atoms with Crippen LogP contribution in [-0.4, -0.2) is 21.5 Å². The molecule has 163 valence electrons. The van der Waals surface area contributed by atoms with Gasteiger partial charge in [0.1, 0.15) is 0 Å². The molecule has 0 atom stereocenters. The number of hydrogen-bond acceptors (Lipinski definition) is 5. The van der Waals surface area contributed by atoms with Gasteiger partial charge in [-0.2, -0.15) is 0 Å². The molecular formula is C27H21EuN3O2. The maximum atomic E-state index is 11.8. The molecule has 0 saturated carbocycles.